The Morgan fingerprint density at radius 1 is 1.11 bits per heavy atom. The number of methoxy groups -OCH3 is 1. The maximum Gasteiger partial charge on any atom is 0.412 e. The van der Waals surface area contributed by atoms with Gasteiger partial charge in [0.25, 0.3) is 0 Å². The Labute approximate surface area is 275 Å². The molecule has 0 saturated heterocycles. The van der Waals surface area contributed by atoms with E-state index < -0.39 is 36.2 Å². The second kappa shape index (κ2) is 14.0. The Bertz CT molecular complexity index is 1590. The number of nitrogens with zero attached hydrogens (tertiary/aromatic N) is 1. The molecule has 15 heteroatoms. The average molecular weight is 678 g/mol. The lowest BCUT2D eigenvalue weighted by molar-refractivity contribution is -0.135. The quantitative estimate of drug-likeness (QED) is 0.235. The van der Waals surface area contributed by atoms with Crippen LogP contribution in [0.25, 0.3) is 5.70 Å². The Morgan fingerprint density at radius 2 is 1.89 bits per heavy atom. The van der Waals surface area contributed by atoms with E-state index in [0.29, 0.717) is 60.6 Å². The molecule has 5 N–H and O–H groups in total. The van der Waals surface area contributed by atoms with Crippen LogP contribution in [0.15, 0.2) is 35.5 Å². The van der Waals surface area contributed by atoms with E-state index in [1.807, 2.05) is 6.92 Å². The molecule has 0 fully saturated rings. The minimum Gasteiger partial charge on any atom is -0.453 e. The highest BCUT2D eigenvalue weighted by Gasteiger charge is 2.37. The Hall–Kier alpha value is -4.23. The molecule has 46 heavy (non-hydrogen) atoms. The number of nitrogens with one attached hydrogen (secondary N) is 5. The smallest absolute Gasteiger partial charge is 0.412 e. The highest BCUT2D eigenvalue weighted by atomic mass is 35.5. The lowest BCUT2D eigenvalue weighted by Gasteiger charge is -2.30. The average Bonchev–Trinajstić information content (AvgIpc) is 3.40. The molecule has 2 aromatic carbocycles. The van der Waals surface area contributed by atoms with E-state index in [1.165, 1.54) is 19.2 Å². The van der Waals surface area contributed by atoms with Crippen LogP contribution >= 0.6 is 23.2 Å². The highest BCUT2D eigenvalue weighted by Crippen LogP contribution is 2.39. The minimum atomic E-state index is -0.855. The van der Waals surface area contributed by atoms with Crippen LogP contribution in [0.2, 0.25) is 5.02 Å². The van der Waals surface area contributed by atoms with Crippen LogP contribution in [-0.2, 0) is 19.1 Å². The molecule has 3 heterocycles. The van der Waals surface area contributed by atoms with Crippen molar-refractivity contribution in [1.29, 1.82) is 0 Å². The van der Waals surface area contributed by atoms with Crippen LogP contribution in [0.1, 0.15) is 56.3 Å². The van der Waals surface area contributed by atoms with Crippen molar-refractivity contribution in [2.24, 2.45) is 11.8 Å². The normalized spacial score (nSPS) is 22.3. The van der Waals surface area contributed by atoms with Gasteiger partial charge in [-0.15, -0.1) is 0 Å². The van der Waals surface area contributed by atoms with Crippen molar-refractivity contribution in [2.45, 2.75) is 51.3 Å². The summed E-state index contributed by atoms with van der Waals surface area (Å²) in [5.74, 6) is -1.93. The van der Waals surface area contributed by atoms with Crippen molar-refractivity contribution < 1.29 is 33.0 Å². The lowest BCUT2D eigenvalue weighted by atomic mass is 9.93. The van der Waals surface area contributed by atoms with Gasteiger partial charge in [-0.3, -0.25) is 20.2 Å². The molecule has 5 rings (SSSR count). The predicted molar refractivity (Wildman–Crippen MR) is 172 cm³/mol. The number of hydrogen-bond acceptors (Lipinski definition) is 8. The first-order chi connectivity index (χ1) is 22.0. The monoisotopic (exact) mass is 676 g/mol. The summed E-state index contributed by atoms with van der Waals surface area (Å²) in [7, 11) is 2.94. The second-order valence-electron chi connectivity index (χ2n) is 11.5. The molecule has 246 valence electrons. The van der Waals surface area contributed by atoms with Crippen molar-refractivity contribution in [3.05, 3.63) is 57.5 Å². The molecule has 4 atom stereocenters. The van der Waals surface area contributed by atoms with Crippen molar-refractivity contribution in [3.8, 4) is 0 Å². The zero-order chi connectivity index (χ0) is 33.1. The third-order valence-electron chi connectivity index (χ3n) is 8.38. The molecule has 2 aromatic rings. The number of fused-ring (bicyclic) bond motifs is 5. The predicted octanol–water partition coefficient (Wildman–Crippen LogP) is 5.96. The number of cyclic esters (lactones) is 1. The molecular weight excluding hydrogens is 642 g/mol. The zero-order valence-corrected chi connectivity index (χ0v) is 27.0. The fraction of sp³-hybridized carbons (Fsp3) is 0.419. The molecule has 0 spiro atoms. The van der Waals surface area contributed by atoms with E-state index in [9.17, 15) is 23.6 Å². The second-order valence-corrected chi connectivity index (χ2v) is 12.3. The number of anilines is 3. The summed E-state index contributed by atoms with van der Waals surface area (Å²) in [4.78, 5) is 52.5. The molecule has 0 aromatic heterocycles. The number of carbonyl (C=O) groups is 4. The van der Waals surface area contributed by atoms with Crippen LogP contribution in [0.4, 0.5) is 31.0 Å². The maximum absolute atomic E-state index is 14.8. The number of ether oxygens (including phenoxy) is 2. The molecule has 3 aliphatic heterocycles. The first-order valence-corrected chi connectivity index (χ1v) is 15.7. The number of rotatable bonds is 6. The summed E-state index contributed by atoms with van der Waals surface area (Å²) in [5, 5.41) is 14.8. The Balaban J connectivity index is 1.31. The van der Waals surface area contributed by atoms with Crippen molar-refractivity contribution in [2.75, 3.05) is 36.7 Å². The van der Waals surface area contributed by atoms with Gasteiger partial charge in [-0.05, 0) is 56.0 Å². The maximum atomic E-state index is 14.8. The van der Waals surface area contributed by atoms with E-state index in [-0.39, 0.29) is 39.9 Å². The van der Waals surface area contributed by atoms with Gasteiger partial charge in [0.1, 0.15) is 17.4 Å². The molecule has 3 aliphatic rings. The van der Waals surface area contributed by atoms with Crippen LogP contribution in [-0.4, -0.2) is 55.8 Å². The largest absolute Gasteiger partial charge is 0.453 e. The van der Waals surface area contributed by atoms with Gasteiger partial charge in [-0.2, -0.15) is 0 Å². The minimum absolute atomic E-state index is 0.0748. The third-order valence-corrected chi connectivity index (χ3v) is 8.97. The van der Waals surface area contributed by atoms with Crippen LogP contribution < -0.4 is 26.6 Å². The fourth-order valence-electron chi connectivity index (χ4n) is 5.86. The van der Waals surface area contributed by atoms with Gasteiger partial charge in [0.2, 0.25) is 11.8 Å². The molecule has 4 unspecified atom stereocenters. The highest BCUT2D eigenvalue weighted by molar-refractivity contribution is 6.33. The van der Waals surface area contributed by atoms with Gasteiger partial charge in [0, 0.05) is 30.8 Å². The Morgan fingerprint density at radius 3 is 2.65 bits per heavy atom. The van der Waals surface area contributed by atoms with E-state index in [1.54, 1.807) is 30.1 Å². The number of halogens is 3. The number of benzene rings is 2. The van der Waals surface area contributed by atoms with Crippen LogP contribution in [0, 0.1) is 17.7 Å². The molecular formula is C31H35Cl2FN6O6. The molecule has 12 nitrogen and oxygen atoms in total. The van der Waals surface area contributed by atoms with Gasteiger partial charge in [-0.25, -0.2) is 14.0 Å². The van der Waals surface area contributed by atoms with Crippen molar-refractivity contribution >= 4 is 70.0 Å². The topological polar surface area (TPSA) is 150 Å². The van der Waals surface area contributed by atoms with Gasteiger partial charge in [0.15, 0.2) is 5.82 Å². The van der Waals surface area contributed by atoms with Gasteiger partial charge < -0.3 is 30.3 Å². The summed E-state index contributed by atoms with van der Waals surface area (Å²) < 4.78 is 24.9. The summed E-state index contributed by atoms with van der Waals surface area (Å²) in [5.41, 5.74) is 2.38. The standard InChI is InChI=1S/C31H35Cl2FN6O6/c1-15-6-4-7-18(29(42)40(2)13-5-8-22-23-20(37-31(44)46-22)12-11-19(32)24(23)34)27-38-25(26(33)39-27)17-10-9-16(35-30(43)45-3)14-21(17)36-28(15)41/h9-12,14-15,18,22,27,38-39H,4-8,13H2,1-3H3,(H,35,43)(H,36,41)(H,37,44). The van der Waals surface area contributed by atoms with Crippen LogP contribution in [0.5, 0.6) is 0 Å². The van der Waals surface area contributed by atoms with Crippen molar-refractivity contribution in [1.82, 2.24) is 15.5 Å². The Kier molecular flexibility index (Phi) is 10.1. The molecule has 0 radical (unpaired) electrons. The third kappa shape index (κ3) is 7.10. The molecule has 0 aliphatic carbocycles. The van der Waals surface area contributed by atoms with E-state index >= 15 is 0 Å². The molecule has 0 saturated carbocycles. The van der Waals surface area contributed by atoms with Gasteiger partial charge >= 0.3 is 12.2 Å². The molecule has 2 bridgehead atoms. The first-order valence-electron chi connectivity index (χ1n) is 14.9. The van der Waals surface area contributed by atoms with Crippen LogP contribution in [0.3, 0.4) is 0 Å². The summed E-state index contributed by atoms with van der Waals surface area (Å²) in [6, 6.07) is 7.87. The number of carbonyl (C=O) groups excluding carboxylic acids is 4. The molecule has 4 amide bonds. The SMILES string of the molecule is COC(=O)Nc1ccc2c(c1)NC(=O)C(C)CCCC(C(=O)N(C)CCCC1OC(=O)Nc3ccc(Cl)c(F)c31)C1NC(Cl)=C2N1. The van der Waals surface area contributed by atoms with Gasteiger partial charge in [0.05, 0.1) is 40.7 Å². The summed E-state index contributed by atoms with van der Waals surface area (Å²) in [6.07, 6.45) is -0.460. The van der Waals surface area contributed by atoms with Crippen molar-refractivity contribution in [3.63, 3.8) is 0 Å². The summed E-state index contributed by atoms with van der Waals surface area (Å²) in [6.45, 7) is 2.13. The summed E-state index contributed by atoms with van der Waals surface area (Å²) >= 11 is 12.7. The fourth-order valence-corrected chi connectivity index (χ4v) is 6.30. The first kappa shape index (κ1) is 33.1. The van der Waals surface area contributed by atoms with E-state index in [0.717, 1.165) is 0 Å². The lowest BCUT2D eigenvalue weighted by Crippen LogP contribution is -2.48. The van der Waals surface area contributed by atoms with Gasteiger partial charge in [-0.1, -0.05) is 36.5 Å². The van der Waals surface area contributed by atoms with E-state index in [2.05, 4.69) is 31.3 Å². The number of amides is 4. The zero-order valence-electron chi connectivity index (χ0n) is 25.5. The number of hydrogen-bond donors (Lipinski definition) is 5. The van der Waals surface area contributed by atoms with E-state index in [4.69, 9.17) is 27.9 Å².